The summed E-state index contributed by atoms with van der Waals surface area (Å²) in [6, 6.07) is 0. The lowest BCUT2D eigenvalue weighted by molar-refractivity contribution is 0.527. The summed E-state index contributed by atoms with van der Waals surface area (Å²) >= 11 is 0. The van der Waals surface area contributed by atoms with Gasteiger partial charge < -0.3 is 0 Å². The molecule has 0 aliphatic rings. The maximum Gasteiger partial charge on any atom is 0.0866 e. The minimum Gasteiger partial charge on any atom is -0.251 e. The Morgan fingerprint density at radius 2 is 1.00 bits per heavy atom. The van der Waals surface area contributed by atoms with Crippen LogP contribution in [0.5, 0.6) is 0 Å². The van der Waals surface area contributed by atoms with Gasteiger partial charge in [0.05, 0.1) is 6.67 Å². The third-order valence-corrected chi connectivity index (χ3v) is 0. The second kappa shape index (κ2) is 167. The van der Waals surface area contributed by atoms with E-state index in [2.05, 4.69) is 0 Å². The van der Waals surface area contributed by atoms with E-state index in [-0.39, 0.29) is 6.67 Å². The summed E-state index contributed by atoms with van der Waals surface area (Å²) in [4.78, 5) is 0. The Bertz CT molecular complexity index is 4.14. The Hall–Kier alpha value is -0.0700. The minimum absolute atomic E-state index is 0.250. The molecule has 0 saturated heterocycles. The molecule has 0 unspecified atom stereocenters. The van der Waals surface area contributed by atoms with Gasteiger partial charge in [-0.2, -0.15) is 0 Å². The van der Waals surface area contributed by atoms with Crippen LogP contribution in [0.1, 0.15) is 34.6 Å². The lowest BCUT2D eigenvalue weighted by Gasteiger charge is -1.45. The number of rotatable bonds is 0. The molecule has 0 amide bonds. The summed E-state index contributed by atoms with van der Waals surface area (Å²) in [6.07, 6.45) is 0. The number of halogens is 1. The molecule has 0 atom stereocenters. The molecule has 0 aromatic rings. The molecule has 0 aliphatic heterocycles. The third kappa shape index (κ3) is 18700. The van der Waals surface area contributed by atoms with E-state index in [1.54, 1.807) is 0 Å². The van der Waals surface area contributed by atoms with Crippen molar-refractivity contribution in [1.82, 2.24) is 0 Å². The molecule has 0 radical (unpaired) electrons. The zero-order valence-electron chi connectivity index (χ0n) is 6.09. The van der Waals surface area contributed by atoms with Crippen molar-refractivity contribution in [3.63, 3.8) is 0 Å². The van der Waals surface area contributed by atoms with Crippen molar-refractivity contribution in [2.75, 3.05) is 6.67 Å². The molecule has 0 bridgehead atoms. The average molecular weight is 108 g/mol. The highest BCUT2D eigenvalue weighted by molar-refractivity contribution is 3.86. The fourth-order valence-corrected chi connectivity index (χ4v) is 0. The average Bonchev–Trinajstić information content (AvgIpc) is 1.78. The molecule has 48 valence electrons. The summed E-state index contributed by atoms with van der Waals surface area (Å²) in [5.41, 5.74) is 0. The third-order valence-electron chi connectivity index (χ3n) is 0. The first kappa shape index (κ1) is 15.8. The fraction of sp³-hybridized carbons (Fsp3) is 1.00. The predicted octanol–water partition coefficient (Wildman–Crippen LogP) is 3.03. The van der Waals surface area contributed by atoms with Crippen molar-refractivity contribution in [3.8, 4) is 0 Å². The quantitative estimate of drug-likeness (QED) is 0.447. The van der Waals surface area contributed by atoms with Gasteiger partial charge in [-0.05, 0) is 6.92 Å². The van der Waals surface area contributed by atoms with Crippen LogP contribution in [0.25, 0.3) is 0 Å². The monoisotopic (exact) mass is 108 g/mol. The van der Waals surface area contributed by atoms with Crippen LogP contribution in [0.3, 0.4) is 0 Å². The van der Waals surface area contributed by atoms with Gasteiger partial charge in [-0.3, -0.25) is 4.39 Å². The topological polar surface area (TPSA) is 0 Å². The molecular weight excluding hydrogens is 91.1 g/mol. The fourth-order valence-electron chi connectivity index (χ4n) is 0. The van der Waals surface area contributed by atoms with Crippen molar-refractivity contribution in [2.45, 2.75) is 34.6 Å². The summed E-state index contributed by atoms with van der Waals surface area (Å²) in [5, 5.41) is 0. The Balaban J connectivity index is -0.0000000360. The normalized spacial score (nSPS) is 4.29. The van der Waals surface area contributed by atoms with Gasteiger partial charge in [0, 0.05) is 0 Å². The molecule has 0 spiro atoms. The molecule has 1 heteroatoms. The van der Waals surface area contributed by atoms with Crippen LogP contribution in [-0.2, 0) is 0 Å². The summed E-state index contributed by atoms with van der Waals surface area (Å²) in [7, 11) is 0. The van der Waals surface area contributed by atoms with Crippen molar-refractivity contribution < 1.29 is 4.39 Å². The van der Waals surface area contributed by atoms with Crippen LogP contribution in [0.15, 0.2) is 0 Å². The Kier molecular flexibility index (Phi) is 376. The van der Waals surface area contributed by atoms with Crippen LogP contribution in [-0.4, -0.2) is 6.67 Å². The van der Waals surface area contributed by atoms with Crippen molar-refractivity contribution in [1.29, 1.82) is 0 Å². The van der Waals surface area contributed by atoms with Crippen LogP contribution >= 0.6 is 0 Å². The Morgan fingerprint density at radius 1 is 1.00 bits per heavy atom. The van der Waals surface area contributed by atoms with E-state index in [0.717, 1.165) is 0 Å². The summed E-state index contributed by atoms with van der Waals surface area (Å²) in [6.45, 7) is 9.21. The number of hydrogen-bond acceptors (Lipinski definition) is 0. The smallest absolute Gasteiger partial charge is 0.0866 e. The predicted molar refractivity (Wildman–Crippen MR) is 34.3 cm³/mol. The molecule has 0 saturated carbocycles. The summed E-state index contributed by atoms with van der Waals surface area (Å²) in [5.74, 6) is 0. The first-order valence-corrected chi connectivity index (χ1v) is 2.97. The second-order valence-corrected chi connectivity index (χ2v) is 0.267. The molecule has 0 nitrogen and oxygen atoms in total. The van der Waals surface area contributed by atoms with E-state index < -0.39 is 0 Å². The molecule has 0 aromatic carbocycles. The molecule has 0 fully saturated rings. The molecule has 0 aromatic heterocycles. The molecule has 0 aliphatic carbocycles. The van der Waals surface area contributed by atoms with Gasteiger partial charge in [0.2, 0.25) is 0 Å². The first-order chi connectivity index (χ1) is 3.41. The standard InChI is InChI=1S/C2H5F.2C2H6/c1-2-3;2*1-2/h2H2,1H3;2*1-2H3. The Labute approximate surface area is 46.7 Å². The van der Waals surface area contributed by atoms with Crippen molar-refractivity contribution in [3.05, 3.63) is 0 Å². The highest BCUT2D eigenvalue weighted by atomic mass is 19.1. The van der Waals surface area contributed by atoms with Crippen molar-refractivity contribution >= 4 is 0 Å². The van der Waals surface area contributed by atoms with E-state index in [1.807, 2.05) is 27.7 Å². The van der Waals surface area contributed by atoms with Gasteiger partial charge >= 0.3 is 0 Å². The van der Waals surface area contributed by atoms with Crippen LogP contribution in [0.4, 0.5) is 4.39 Å². The molecule has 0 heterocycles. The van der Waals surface area contributed by atoms with E-state index in [1.165, 1.54) is 6.92 Å². The largest absolute Gasteiger partial charge is 0.251 e. The van der Waals surface area contributed by atoms with Crippen LogP contribution in [0.2, 0.25) is 0 Å². The van der Waals surface area contributed by atoms with Gasteiger partial charge in [0.1, 0.15) is 0 Å². The SMILES string of the molecule is CC.CC.CCF. The van der Waals surface area contributed by atoms with E-state index in [0.29, 0.717) is 0 Å². The van der Waals surface area contributed by atoms with Crippen molar-refractivity contribution in [2.24, 2.45) is 0 Å². The zero-order valence-corrected chi connectivity index (χ0v) is 6.09. The van der Waals surface area contributed by atoms with E-state index >= 15 is 0 Å². The van der Waals surface area contributed by atoms with Gasteiger partial charge in [0.25, 0.3) is 0 Å². The number of alkyl halides is 1. The molecule has 7 heavy (non-hydrogen) atoms. The zero-order chi connectivity index (χ0) is 6.71. The lowest BCUT2D eigenvalue weighted by atomic mass is 10.9. The second-order valence-electron chi connectivity index (χ2n) is 0.267. The van der Waals surface area contributed by atoms with Crippen LogP contribution in [0, 0.1) is 0 Å². The van der Waals surface area contributed by atoms with Gasteiger partial charge in [-0.1, -0.05) is 27.7 Å². The maximum atomic E-state index is 10.3. The van der Waals surface area contributed by atoms with Crippen LogP contribution < -0.4 is 0 Å². The van der Waals surface area contributed by atoms with E-state index in [9.17, 15) is 4.39 Å². The molecular formula is C6H17F. The first-order valence-electron chi connectivity index (χ1n) is 2.97. The highest BCUT2D eigenvalue weighted by Gasteiger charge is 1.39. The summed E-state index contributed by atoms with van der Waals surface area (Å²) < 4.78 is 10.3. The molecule has 0 rings (SSSR count). The number of hydrogen-bond donors (Lipinski definition) is 0. The van der Waals surface area contributed by atoms with E-state index in [4.69, 9.17) is 0 Å². The lowest BCUT2D eigenvalue weighted by Crippen LogP contribution is -1.40. The highest BCUT2D eigenvalue weighted by Crippen LogP contribution is 1.48. The van der Waals surface area contributed by atoms with Gasteiger partial charge in [0.15, 0.2) is 0 Å². The molecule has 0 N–H and O–H groups in total. The minimum atomic E-state index is -0.250. The van der Waals surface area contributed by atoms with Gasteiger partial charge in [-0.25, -0.2) is 0 Å². The van der Waals surface area contributed by atoms with Gasteiger partial charge in [-0.15, -0.1) is 0 Å². The maximum absolute atomic E-state index is 10.3. The Morgan fingerprint density at radius 3 is 1.00 bits per heavy atom.